The molecule has 3 heteroatoms. The van der Waals surface area contributed by atoms with E-state index in [1.54, 1.807) is 0 Å². The zero-order valence-electron chi connectivity index (χ0n) is 6.89. The monoisotopic (exact) mass is 155 g/mol. The molecule has 0 fully saturated rings. The number of primary amides is 1. The Balaban J connectivity index is 4.08. The highest BCUT2D eigenvalue weighted by Crippen LogP contribution is 1.95. The van der Waals surface area contributed by atoms with Gasteiger partial charge in [0.15, 0.2) is 5.78 Å². The largest absolute Gasteiger partial charge is 0.366 e. The fourth-order valence-electron chi connectivity index (χ4n) is 0.631. The Bertz CT molecular complexity index is 194. The third-order valence-corrected chi connectivity index (χ3v) is 1.26. The summed E-state index contributed by atoms with van der Waals surface area (Å²) < 4.78 is 0. The highest BCUT2D eigenvalue weighted by atomic mass is 16.1. The van der Waals surface area contributed by atoms with Crippen LogP contribution in [0.25, 0.3) is 0 Å². The molecule has 0 radical (unpaired) electrons. The van der Waals surface area contributed by atoms with E-state index in [4.69, 9.17) is 5.73 Å². The normalized spacial score (nSPS) is 11.3. The van der Waals surface area contributed by atoms with Crippen molar-refractivity contribution < 1.29 is 9.59 Å². The summed E-state index contributed by atoms with van der Waals surface area (Å²) in [5, 5.41) is 0. The maximum Gasteiger partial charge on any atom is 0.244 e. The van der Waals surface area contributed by atoms with Gasteiger partial charge in [0, 0.05) is 12.0 Å². The zero-order chi connectivity index (χ0) is 8.85. The predicted molar refractivity (Wildman–Crippen MR) is 42.9 cm³/mol. The molecule has 0 unspecified atom stereocenters. The van der Waals surface area contributed by atoms with E-state index in [2.05, 4.69) is 0 Å². The standard InChI is InChI=1S/C8H13NO2/c1-3-4-7(10)5-6(2)8(9)11/h5H,3-4H2,1-2H3,(H2,9,11). The average molecular weight is 155 g/mol. The second-order valence-electron chi connectivity index (χ2n) is 2.41. The summed E-state index contributed by atoms with van der Waals surface area (Å²) in [6, 6.07) is 0. The van der Waals surface area contributed by atoms with Crippen LogP contribution in [0.15, 0.2) is 11.6 Å². The minimum absolute atomic E-state index is 0.0381. The molecule has 0 aliphatic carbocycles. The van der Waals surface area contributed by atoms with Crippen LogP contribution < -0.4 is 5.73 Å². The molecule has 62 valence electrons. The molecule has 0 aromatic carbocycles. The van der Waals surface area contributed by atoms with E-state index in [1.807, 2.05) is 6.92 Å². The fourth-order valence-corrected chi connectivity index (χ4v) is 0.631. The van der Waals surface area contributed by atoms with E-state index >= 15 is 0 Å². The molecule has 0 aromatic rings. The molecule has 11 heavy (non-hydrogen) atoms. The maximum atomic E-state index is 10.9. The van der Waals surface area contributed by atoms with Crippen molar-refractivity contribution in [3.8, 4) is 0 Å². The van der Waals surface area contributed by atoms with Crippen molar-refractivity contribution in [2.45, 2.75) is 26.7 Å². The van der Waals surface area contributed by atoms with Crippen molar-refractivity contribution in [3.63, 3.8) is 0 Å². The molecule has 0 saturated heterocycles. The second kappa shape index (κ2) is 4.66. The van der Waals surface area contributed by atoms with Gasteiger partial charge in [0.05, 0.1) is 0 Å². The van der Waals surface area contributed by atoms with Crippen LogP contribution in [0.4, 0.5) is 0 Å². The van der Waals surface area contributed by atoms with Crippen molar-refractivity contribution in [3.05, 3.63) is 11.6 Å². The summed E-state index contributed by atoms with van der Waals surface area (Å²) in [7, 11) is 0. The Labute approximate surface area is 66.3 Å². The SMILES string of the molecule is CCCC(=O)C=C(C)C(N)=O. The minimum Gasteiger partial charge on any atom is -0.366 e. The highest BCUT2D eigenvalue weighted by molar-refractivity contribution is 6.00. The molecule has 0 bridgehead atoms. The van der Waals surface area contributed by atoms with Crippen LogP contribution in [0.1, 0.15) is 26.7 Å². The number of carbonyl (C=O) groups excluding carboxylic acids is 2. The smallest absolute Gasteiger partial charge is 0.244 e. The molecule has 0 aliphatic rings. The van der Waals surface area contributed by atoms with Crippen molar-refractivity contribution in [2.75, 3.05) is 0 Å². The summed E-state index contributed by atoms with van der Waals surface area (Å²) >= 11 is 0. The van der Waals surface area contributed by atoms with Crippen molar-refractivity contribution in [1.82, 2.24) is 0 Å². The highest BCUT2D eigenvalue weighted by Gasteiger charge is 2.00. The zero-order valence-corrected chi connectivity index (χ0v) is 6.89. The molecule has 0 spiro atoms. The lowest BCUT2D eigenvalue weighted by atomic mass is 10.1. The first-order valence-corrected chi connectivity index (χ1v) is 3.58. The van der Waals surface area contributed by atoms with Gasteiger partial charge in [0.25, 0.3) is 0 Å². The lowest BCUT2D eigenvalue weighted by molar-refractivity contribution is -0.117. The van der Waals surface area contributed by atoms with Crippen LogP contribution >= 0.6 is 0 Å². The Morgan fingerprint density at radius 3 is 2.36 bits per heavy atom. The van der Waals surface area contributed by atoms with Gasteiger partial charge in [0.1, 0.15) is 0 Å². The number of hydrogen-bond donors (Lipinski definition) is 1. The second-order valence-corrected chi connectivity index (χ2v) is 2.41. The number of nitrogens with two attached hydrogens (primary N) is 1. The van der Waals surface area contributed by atoms with E-state index in [1.165, 1.54) is 13.0 Å². The molecule has 1 amide bonds. The molecule has 2 N–H and O–H groups in total. The van der Waals surface area contributed by atoms with E-state index in [0.29, 0.717) is 12.0 Å². The van der Waals surface area contributed by atoms with Crippen LogP contribution in [0.5, 0.6) is 0 Å². The molecular formula is C8H13NO2. The number of carbonyl (C=O) groups is 2. The Kier molecular flexibility index (Phi) is 4.18. The van der Waals surface area contributed by atoms with Crippen LogP contribution in [0.3, 0.4) is 0 Å². The number of ketones is 1. The average Bonchev–Trinajstić information content (AvgIpc) is 1.87. The number of rotatable bonds is 4. The van der Waals surface area contributed by atoms with Gasteiger partial charge in [-0.3, -0.25) is 9.59 Å². The van der Waals surface area contributed by atoms with Crippen molar-refractivity contribution in [1.29, 1.82) is 0 Å². The van der Waals surface area contributed by atoms with Gasteiger partial charge < -0.3 is 5.73 Å². The van der Waals surface area contributed by atoms with Gasteiger partial charge in [-0.2, -0.15) is 0 Å². The van der Waals surface area contributed by atoms with Crippen molar-refractivity contribution in [2.24, 2.45) is 5.73 Å². The van der Waals surface area contributed by atoms with Gasteiger partial charge in [0.2, 0.25) is 5.91 Å². The number of allylic oxidation sites excluding steroid dienone is 1. The molecule has 0 aromatic heterocycles. The molecule has 0 heterocycles. The van der Waals surface area contributed by atoms with Crippen LogP contribution in [0.2, 0.25) is 0 Å². The topological polar surface area (TPSA) is 60.2 Å². The molecule has 0 saturated carbocycles. The Hall–Kier alpha value is -1.12. The van der Waals surface area contributed by atoms with E-state index < -0.39 is 5.91 Å². The summed E-state index contributed by atoms with van der Waals surface area (Å²) in [4.78, 5) is 21.3. The summed E-state index contributed by atoms with van der Waals surface area (Å²) in [5.41, 5.74) is 5.24. The molecule has 0 aliphatic heterocycles. The lowest BCUT2D eigenvalue weighted by Gasteiger charge is -1.92. The lowest BCUT2D eigenvalue weighted by Crippen LogP contribution is -2.12. The third kappa shape index (κ3) is 4.31. The third-order valence-electron chi connectivity index (χ3n) is 1.26. The maximum absolute atomic E-state index is 10.9. The van der Waals surface area contributed by atoms with E-state index in [-0.39, 0.29) is 5.78 Å². The molecule has 0 atom stereocenters. The first-order valence-electron chi connectivity index (χ1n) is 3.58. The van der Waals surface area contributed by atoms with Gasteiger partial charge in [-0.1, -0.05) is 6.92 Å². The van der Waals surface area contributed by atoms with Crippen LogP contribution in [-0.2, 0) is 9.59 Å². The van der Waals surface area contributed by atoms with Crippen LogP contribution in [-0.4, -0.2) is 11.7 Å². The number of hydrogen-bond acceptors (Lipinski definition) is 2. The first-order chi connectivity index (χ1) is 5.07. The summed E-state index contributed by atoms with van der Waals surface area (Å²) in [6.07, 6.45) is 2.57. The van der Waals surface area contributed by atoms with E-state index in [9.17, 15) is 9.59 Å². The van der Waals surface area contributed by atoms with Crippen LogP contribution in [0, 0.1) is 0 Å². The van der Waals surface area contributed by atoms with E-state index in [0.717, 1.165) is 6.42 Å². The van der Waals surface area contributed by atoms with Gasteiger partial charge >= 0.3 is 0 Å². The molecular weight excluding hydrogens is 142 g/mol. The first kappa shape index (κ1) is 9.88. The molecule has 3 nitrogen and oxygen atoms in total. The minimum atomic E-state index is -0.533. The quantitative estimate of drug-likeness (QED) is 0.610. The summed E-state index contributed by atoms with van der Waals surface area (Å²) in [5.74, 6) is -0.571. The Morgan fingerprint density at radius 2 is 2.00 bits per heavy atom. The fraction of sp³-hybridized carbons (Fsp3) is 0.500. The molecule has 0 rings (SSSR count). The van der Waals surface area contributed by atoms with Gasteiger partial charge in [-0.25, -0.2) is 0 Å². The number of amides is 1. The van der Waals surface area contributed by atoms with Gasteiger partial charge in [-0.05, 0) is 19.4 Å². The van der Waals surface area contributed by atoms with Gasteiger partial charge in [-0.15, -0.1) is 0 Å². The summed E-state index contributed by atoms with van der Waals surface area (Å²) in [6.45, 7) is 3.45. The Morgan fingerprint density at radius 1 is 1.45 bits per heavy atom. The predicted octanol–water partition coefficient (Wildman–Crippen LogP) is 0.787. The van der Waals surface area contributed by atoms with Crippen molar-refractivity contribution >= 4 is 11.7 Å².